The van der Waals surface area contributed by atoms with Gasteiger partial charge in [0.05, 0.1) is 21.5 Å². The molecular weight excluding hydrogens is 358 g/mol. The van der Waals surface area contributed by atoms with Crippen molar-refractivity contribution in [2.24, 2.45) is 0 Å². The minimum Gasteiger partial charge on any atom is -0.303 e. The van der Waals surface area contributed by atoms with Crippen molar-refractivity contribution in [2.45, 2.75) is 10.9 Å². The average molecular weight is 376 g/mol. The van der Waals surface area contributed by atoms with E-state index in [1.165, 1.54) is 22.5 Å². The molecule has 3 rings (SSSR count). The van der Waals surface area contributed by atoms with Gasteiger partial charge in [-0.1, -0.05) is 41.9 Å². The Labute approximate surface area is 153 Å². The van der Waals surface area contributed by atoms with Crippen LogP contribution in [-0.2, 0) is 10.0 Å². The molecule has 0 bridgehead atoms. The highest BCUT2D eigenvalue weighted by Crippen LogP contribution is 2.32. The van der Waals surface area contributed by atoms with Crippen LogP contribution in [0.5, 0.6) is 0 Å². The topological polar surface area (TPSA) is 64.4 Å². The molecule has 0 aromatic heterocycles. The minimum atomic E-state index is -3.72. The van der Waals surface area contributed by atoms with Gasteiger partial charge in [0, 0.05) is 19.6 Å². The Balaban J connectivity index is 2.02. The van der Waals surface area contributed by atoms with Crippen molar-refractivity contribution >= 4 is 21.6 Å². The number of hydrogen-bond acceptors (Lipinski definition) is 4. The van der Waals surface area contributed by atoms with Crippen molar-refractivity contribution in [2.75, 3.05) is 26.7 Å². The molecule has 0 N–H and O–H groups in total. The van der Waals surface area contributed by atoms with Crippen molar-refractivity contribution in [1.29, 1.82) is 5.26 Å². The summed E-state index contributed by atoms with van der Waals surface area (Å²) >= 11 is 6.04. The first-order chi connectivity index (χ1) is 11.9. The van der Waals surface area contributed by atoms with Gasteiger partial charge in [-0.3, -0.25) is 0 Å². The first-order valence-corrected chi connectivity index (χ1v) is 9.70. The van der Waals surface area contributed by atoms with Gasteiger partial charge in [-0.2, -0.15) is 9.57 Å². The zero-order chi connectivity index (χ0) is 18.0. The Morgan fingerprint density at radius 3 is 2.52 bits per heavy atom. The lowest BCUT2D eigenvalue weighted by Gasteiger charge is -2.39. The van der Waals surface area contributed by atoms with Gasteiger partial charge in [0.2, 0.25) is 10.0 Å². The number of nitrogens with zero attached hydrogens (tertiary/aromatic N) is 3. The molecule has 5 nitrogen and oxygen atoms in total. The molecule has 0 unspecified atom stereocenters. The Kier molecular flexibility index (Phi) is 5.11. The summed E-state index contributed by atoms with van der Waals surface area (Å²) in [5.74, 6) is 0. The molecule has 0 saturated carbocycles. The van der Waals surface area contributed by atoms with Crippen molar-refractivity contribution in [1.82, 2.24) is 9.21 Å². The summed E-state index contributed by atoms with van der Waals surface area (Å²) in [5.41, 5.74) is 1.22. The molecule has 0 amide bonds. The van der Waals surface area contributed by atoms with Crippen LogP contribution in [0.3, 0.4) is 0 Å². The molecule has 1 saturated heterocycles. The fourth-order valence-electron chi connectivity index (χ4n) is 3.02. The SMILES string of the molecule is CN1CCN(S(=O)(=O)c2ccc(C#N)c(Cl)c2)[C@@H](c2ccccc2)C1. The molecule has 1 atom stereocenters. The second-order valence-corrected chi connectivity index (χ2v) is 8.36. The number of halogens is 1. The smallest absolute Gasteiger partial charge is 0.243 e. The first-order valence-electron chi connectivity index (χ1n) is 7.88. The highest BCUT2D eigenvalue weighted by molar-refractivity contribution is 7.89. The van der Waals surface area contributed by atoms with E-state index in [4.69, 9.17) is 16.9 Å². The van der Waals surface area contributed by atoms with Gasteiger partial charge < -0.3 is 4.90 Å². The molecule has 2 aromatic rings. The lowest BCUT2D eigenvalue weighted by molar-refractivity contribution is 0.160. The van der Waals surface area contributed by atoms with Crippen molar-refractivity contribution in [3.05, 3.63) is 64.7 Å². The van der Waals surface area contributed by atoms with Gasteiger partial charge >= 0.3 is 0 Å². The summed E-state index contributed by atoms with van der Waals surface area (Å²) in [6.07, 6.45) is 0. The summed E-state index contributed by atoms with van der Waals surface area (Å²) in [6.45, 7) is 1.68. The first kappa shape index (κ1) is 17.9. The maximum Gasteiger partial charge on any atom is 0.243 e. The Morgan fingerprint density at radius 2 is 1.88 bits per heavy atom. The normalized spacial score (nSPS) is 19.5. The highest BCUT2D eigenvalue weighted by Gasteiger charge is 2.36. The number of sulfonamides is 1. The summed E-state index contributed by atoms with van der Waals surface area (Å²) in [6, 6.07) is 15.5. The second-order valence-electron chi connectivity index (χ2n) is 6.06. The quantitative estimate of drug-likeness (QED) is 0.827. The van der Waals surface area contributed by atoms with E-state index < -0.39 is 10.0 Å². The number of hydrogen-bond donors (Lipinski definition) is 0. The third-order valence-electron chi connectivity index (χ3n) is 4.39. The fourth-order valence-corrected chi connectivity index (χ4v) is 4.93. The lowest BCUT2D eigenvalue weighted by Crippen LogP contribution is -2.49. The van der Waals surface area contributed by atoms with Crippen molar-refractivity contribution in [3.8, 4) is 6.07 Å². The molecule has 25 heavy (non-hydrogen) atoms. The van der Waals surface area contributed by atoms with E-state index in [-0.39, 0.29) is 21.5 Å². The second kappa shape index (κ2) is 7.14. The van der Waals surface area contributed by atoms with Crippen LogP contribution in [-0.4, -0.2) is 44.3 Å². The Morgan fingerprint density at radius 1 is 1.16 bits per heavy atom. The zero-order valence-corrected chi connectivity index (χ0v) is 15.3. The molecule has 1 aliphatic heterocycles. The van der Waals surface area contributed by atoms with E-state index in [1.807, 2.05) is 43.4 Å². The van der Waals surface area contributed by atoms with E-state index in [2.05, 4.69) is 4.90 Å². The van der Waals surface area contributed by atoms with Crippen LogP contribution >= 0.6 is 11.6 Å². The van der Waals surface area contributed by atoms with Gasteiger partial charge in [-0.05, 0) is 30.8 Å². The predicted octanol–water partition coefficient (Wildman–Crippen LogP) is 2.89. The van der Waals surface area contributed by atoms with E-state index in [1.54, 1.807) is 0 Å². The molecule has 1 fully saturated rings. The zero-order valence-electron chi connectivity index (χ0n) is 13.8. The third-order valence-corrected chi connectivity index (χ3v) is 6.60. The standard InChI is InChI=1S/C18H18ClN3O2S/c1-21-9-10-22(18(13-21)14-5-3-2-4-6-14)25(23,24)16-8-7-15(12-20)17(19)11-16/h2-8,11,18H,9-10,13H2,1H3/t18-/m1/s1. The fraction of sp³-hybridized carbons (Fsp3) is 0.278. The van der Waals surface area contributed by atoms with Crippen molar-refractivity contribution in [3.63, 3.8) is 0 Å². The van der Waals surface area contributed by atoms with E-state index in [0.717, 1.165) is 5.56 Å². The molecule has 7 heteroatoms. The summed E-state index contributed by atoms with van der Waals surface area (Å²) in [4.78, 5) is 2.23. The van der Waals surface area contributed by atoms with E-state index in [9.17, 15) is 8.42 Å². The van der Waals surface area contributed by atoms with Crippen LogP contribution in [0.25, 0.3) is 0 Å². The maximum atomic E-state index is 13.2. The van der Waals surface area contributed by atoms with Crippen molar-refractivity contribution < 1.29 is 8.42 Å². The number of piperazine rings is 1. The summed E-state index contributed by atoms with van der Waals surface area (Å²) < 4.78 is 27.9. The van der Waals surface area contributed by atoms with E-state index in [0.29, 0.717) is 19.6 Å². The lowest BCUT2D eigenvalue weighted by atomic mass is 10.1. The number of nitriles is 1. The third kappa shape index (κ3) is 3.55. The van der Waals surface area contributed by atoms with Crippen LogP contribution in [0.2, 0.25) is 5.02 Å². The highest BCUT2D eigenvalue weighted by atomic mass is 35.5. The van der Waals surface area contributed by atoms with Gasteiger partial charge in [-0.25, -0.2) is 8.42 Å². The molecule has 0 radical (unpaired) electrons. The minimum absolute atomic E-state index is 0.113. The molecular formula is C18H18ClN3O2S. The monoisotopic (exact) mass is 375 g/mol. The Hall–Kier alpha value is -1.91. The number of likely N-dealkylation sites (N-methyl/N-ethyl adjacent to an activating group) is 1. The van der Waals surface area contributed by atoms with Gasteiger partial charge in [0.25, 0.3) is 0 Å². The summed E-state index contributed by atoms with van der Waals surface area (Å²) in [5, 5.41) is 9.13. The van der Waals surface area contributed by atoms with Crippen LogP contribution < -0.4 is 0 Å². The Bertz CT molecular complexity index is 910. The van der Waals surface area contributed by atoms with Crippen LogP contribution in [0.1, 0.15) is 17.2 Å². The molecule has 0 spiro atoms. The molecule has 0 aliphatic carbocycles. The number of benzene rings is 2. The largest absolute Gasteiger partial charge is 0.303 e. The summed E-state index contributed by atoms with van der Waals surface area (Å²) in [7, 11) is -1.73. The van der Waals surface area contributed by atoms with Crippen LogP contribution in [0.4, 0.5) is 0 Å². The molecule has 1 heterocycles. The maximum absolute atomic E-state index is 13.2. The molecule has 2 aromatic carbocycles. The van der Waals surface area contributed by atoms with Gasteiger partial charge in [0.1, 0.15) is 6.07 Å². The van der Waals surface area contributed by atoms with Gasteiger partial charge in [0.15, 0.2) is 0 Å². The van der Waals surface area contributed by atoms with Crippen LogP contribution in [0.15, 0.2) is 53.4 Å². The van der Waals surface area contributed by atoms with Crippen LogP contribution in [0, 0.1) is 11.3 Å². The molecule has 1 aliphatic rings. The average Bonchev–Trinajstić information content (AvgIpc) is 2.62. The van der Waals surface area contributed by atoms with E-state index >= 15 is 0 Å². The van der Waals surface area contributed by atoms with Gasteiger partial charge in [-0.15, -0.1) is 0 Å². The number of rotatable bonds is 3. The predicted molar refractivity (Wildman–Crippen MR) is 96.7 cm³/mol. The molecule has 130 valence electrons.